The maximum atomic E-state index is 13.0. The van der Waals surface area contributed by atoms with Gasteiger partial charge in [0.15, 0.2) is 0 Å². The molecule has 32 heavy (non-hydrogen) atoms. The Hall–Kier alpha value is -2.52. The Morgan fingerprint density at radius 3 is 2.28 bits per heavy atom. The second kappa shape index (κ2) is 9.15. The summed E-state index contributed by atoms with van der Waals surface area (Å²) in [5.74, 6) is -1.40. The van der Waals surface area contributed by atoms with Crippen molar-refractivity contribution < 1.29 is 22.8 Å². The maximum Gasteiger partial charge on any atom is 0.243 e. The minimum absolute atomic E-state index is 0.0291. The molecular formula is C23H29N3O5S. The van der Waals surface area contributed by atoms with Crippen molar-refractivity contribution in [3.05, 3.63) is 35.9 Å². The van der Waals surface area contributed by atoms with Crippen LogP contribution in [0.3, 0.4) is 0 Å². The van der Waals surface area contributed by atoms with E-state index < -0.39 is 10.0 Å². The van der Waals surface area contributed by atoms with Gasteiger partial charge in [-0.25, -0.2) is 8.42 Å². The van der Waals surface area contributed by atoms with E-state index >= 15 is 0 Å². The predicted molar refractivity (Wildman–Crippen MR) is 119 cm³/mol. The number of anilines is 1. The molecule has 3 aliphatic rings. The monoisotopic (exact) mass is 459 g/mol. The molecule has 8 nitrogen and oxygen atoms in total. The minimum Gasteiger partial charge on any atom is -0.326 e. The second-order valence-electron chi connectivity index (χ2n) is 8.72. The van der Waals surface area contributed by atoms with E-state index in [0.717, 1.165) is 24.8 Å². The van der Waals surface area contributed by atoms with Crippen molar-refractivity contribution in [3.8, 4) is 0 Å². The molecule has 0 spiro atoms. The number of nitrogens with one attached hydrogen (secondary N) is 1. The Morgan fingerprint density at radius 1 is 1.03 bits per heavy atom. The van der Waals surface area contributed by atoms with Crippen molar-refractivity contribution in [2.24, 2.45) is 11.8 Å². The van der Waals surface area contributed by atoms with Gasteiger partial charge >= 0.3 is 0 Å². The van der Waals surface area contributed by atoms with Crippen LogP contribution < -0.4 is 5.32 Å². The molecule has 0 aromatic heterocycles. The van der Waals surface area contributed by atoms with Crippen LogP contribution in [-0.2, 0) is 24.4 Å². The lowest BCUT2D eigenvalue weighted by atomic mass is 9.85. The molecule has 1 aliphatic carbocycles. The number of carbonyl (C=O) groups is 3. The number of hydrogen-bond donors (Lipinski definition) is 1. The summed E-state index contributed by atoms with van der Waals surface area (Å²) in [5, 5.41) is 2.76. The van der Waals surface area contributed by atoms with Gasteiger partial charge in [0.2, 0.25) is 27.7 Å². The quantitative estimate of drug-likeness (QED) is 0.520. The van der Waals surface area contributed by atoms with Crippen LogP contribution in [0.2, 0.25) is 0 Å². The summed E-state index contributed by atoms with van der Waals surface area (Å²) in [6.45, 7) is 2.83. The molecule has 2 fully saturated rings. The van der Waals surface area contributed by atoms with Gasteiger partial charge < -0.3 is 5.32 Å². The third-order valence-electron chi connectivity index (χ3n) is 6.60. The van der Waals surface area contributed by atoms with E-state index in [1.54, 1.807) is 19.1 Å². The molecule has 1 aromatic rings. The van der Waals surface area contributed by atoms with Gasteiger partial charge in [0, 0.05) is 31.7 Å². The van der Waals surface area contributed by atoms with Gasteiger partial charge in [-0.2, -0.15) is 4.31 Å². The normalized spacial score (nSPS) is 24.0. The summed E-state index contributed by atoms with van der Waals surface area (Å²) < 4.78 is 27.4. The molecule has 3 amide bonds. The van der Waals surface area contributed by atoms with Gasteiger partial charge in [-0.3, -0.25) is 19.3 Å². The van der Waals surface area contributed by atoms with Crippen LogP contribution >= 0.6 is 0 Å². The Morgan fingerprint density at radius 2 is 1.66 bits per heavy atom. The molecular weight excluding hydrogens is 430 g/mol. The zero-order chi connectivity index (χ0) is 22.9. The fourth-order valence-corrected chi connectivity index (χ4v) is 6.21. The van der Waals surface area contributed by atoms with Crippen LogP contribution in [-0.4, -0.2) is 55.0 Å². The van der Waals surface area contributed by atoms with Crippen molar-refractivity contribution in [1.29, 1.82) is 0 Å². The summed E-state index contributed by atoms with van der Waals surface area (Å²) >= 11 is 0. The van der Waals surface area contributed by atoms with Gasteiger partial charge in [-0.05, 0) is 50.3 Å². The highest BCUT2D eigenvalue weighted by Crippen LogP contribution is 2.35. The van der Waals surface area contributed by atoms with Gasteiger partial charge in [-0.1, -0.05) is 24.6 Å². The molecule has 172 valence electrons. The number of rotatable bonds is 6. The van der Waals surface area contributed by atoms with Crippen molar-refractivity contribution >= 4 is 33.4 Å². The van der Waals surface area contributed by atoms with Crippen LogP contribution in [0.1, 0.15) is 44.1 Å². The number of carbonyl (C=O) groups excluding carboxylic acids is 3. The van der Waals surface area contributed by atoms with Crippen LogP contribution in [0.4, 0.5) is 5.69 Å². The number of allylic oxidation sites excluding steroid dienone is 2. The third-order valence-corrected chi connectivity index (χ3v) is 8.49. The van der Waals surface area contributed by atoms with Gasteiger partial charge in [0.1, 0.15) is 0 Å². The summed E-state index contributed by atoms with van der Waals surface area (Å²) in [4.78, 5) is 39.0. The molecule has 2 heterocycles. The maximum absolute atomic E-state index is 13.0. The van der Waals surface area contributed by atoms with E-state index in [9.17, 15) is 22.8 Å². The van der Waals surface area contributed by atoms with E-state index in [1.165, 1.54) is 15.3 Å². The van der Waals surface area contributed by atoms with Crippen molar-refractivity contribution in [1.82, 2.24) is 9.21 Å². The van der Waals surface area contributed by atoms with E-state index in [0.29, 0.717) is 31.6 Å². The molecule has 2 atom stereocenters. The lowest BCUT2D eigenvalue weighted by Gasteiger charge is -2.26. The SMILES string of the molecule is Cc1ccc(S(=O)(=O)N2CCCCC2)cc1NC(=O)CCN1C(=O)[C@@H]2CC=CC[C@H]2C1=O. The second-order valence-corrected chi connectivity index (χ2v) is 10.7. The molecule has 0 radical (unpaired) electrons. The molecule has 1 N–H and O–H groups in total. The van der Waals surface area contributed by atoms with Crippen LogP contribution in [0.25, 0.3) is 0 Å². The van der Waals surface area contributed by atoms with Crippen LogP contribution in [0, 0.1) is 18.8 Å². The number of benzene rings is 1. The molecule has 0 unspecified atom stereocenters. The lowest BCUT2D eigenvalue weighted by Crippen LogP contribution is -2.35. The highest BCUT2D eigenvalue weighted by Gasteiger charge is 2.46. The average molecular weight is 460 g/mol. The smallest absolute Gasteiger partial charge is 0.243 e. The van der Waals surface area contributed by atoms with Gasteiger partial charge in [0.05, 0.1) is 16.7 Å². The summed E-state index contributed by atoms with van der Waals surface area (Å²) in [6.07, 6.45) is 7.67. The molecule has 2 saturated heterocycles. The predicted octanol–water partition coefficient (Wildman–Crippen LogP) is 2.45. The van der Waals surface area contributed by atoms with Gasteiger partial charge in [0.25, 0.3) is 0 Å². The third kappa shape index (κ3) is 4.36. The number of imide groups is 1. The number of nitrogens with zero attached hydrogens (tertiary/aromatic N) is 2. The molecule has 9 heteroatoms. The zero-order valence-corrected chi connectivity index (χ0v) is 19.1. The number of fused-ring (bicyclic) bond motifs is 1. The number of amides is 3. The number of hydrogen-bond acceptors (Lipinski definition) is 5. The Kier molecular flexibility index (Phi) is 6.48. The van der Waals surface area contributed by atoms with Crippen molar-refractivity contribution in [3.63, 3.8) is 0 Å². The van der Waals surface area contributed by atoms with E-state index in [4.69, 9.17) is 0 Å². The summed E-state index contributed by atoms with van der Waals surface area (Å²) in [5.41, 5.74) is 1.16. The van der Waals surface area contributed by atoms with Crippen molar-refractivity contribution in [2.75, 3.05) is 25.0 Å². The Balaban J connectivity index is 1.41. The van der Waals surface area contributed by atoms with E-state index in [2.05, 4.69) is 5.32 Å². The first-order chi connectivity index (χ1) is 15.3. The lowest BCUT2D eigenvalue weighted by molar-refractivity contribution is -0.140. The largest absolute Gasteiger partial charge is 0.326 e. The first-order valence-electron chi connectivity index (χ1n) is 11.2. The molecule has 1 aromatic carbocycles. The average Bonchev–Trinajstić information content (AvgIpc) is 3.04. The van der Waals surface area contributed by atoms with E-state index in [-0.39, 0.29) is 47.4 Å². The van der Waals surface area contributed by atoms with Gasteiger partial charge in [-0.15, -0.1) is 0 Å². The highest BCUT2D eigenvalue weighted by atomic mass is 32.2. The highest BCUT2D eigenvalue weighted by molar-refractivity contribution is 7.89. The fraction of sp³-hybridized carbons (Fsp3) is 0.522. The minimum atomic E-state index is -3.61. The first kappa shape index (κ1) is 22.7. The van der Waals surface area contributed by atoms with Crippen LogP contribution in [0.5, 0.6) is 0 Å². The molecule has 2 aliphatic heterocycles. The van der Waals surface area contributed by atoms with Crippen LogP contribution in [0.15, 0.2) is 35.2 Å². The topological polar surface area (TPSA) is 104 Å². The molecule has 0 saturated carbocycles. The molecule has 4 rings (SSSR count). The number of aryl methyl sites for hydroxylation is 1. The Labute approximate surface area is 188 Å². The fourth-order valence-electron chi connectivity index (χ4n) is 4.67. The van der Waals surface area contributed by atoms with E-state index in [1.807, 2.05) is 12.2 Å². The number of sulfonamides is 1. The Bertz CT molecular complexity index is 1030. The first-order valence-corrected chi connectivity index (χ1v) is 12.6. The molecule has 0 bridgehead atoms. The number of likely N-dealkylation sites (tertiary alicyclic amines) is 1. The zero-order valence-electron chi connectivity index (χ0n) is 18.2. The van der Waals surface area contributed by atoms with Crippen molar-refractivity contribution in [2.45, 2.75) is 50.3 Å². The standard InChI is InChI=1S/C23H29N3O5S/c1-16-9-10-17(32(30,31)25-12-5-2-6-13-25)15-20(16)24-21(27)11-14-26-22(28)18-7-3-4-8-19(18)23(26)29/h3-4,9-10,15,18-19H,2,5-8,11-14H2,1H3,(H,24,27)/t18-,19-/m1/s1. The number of piperidine rings is 1. The summed E-state index contributed by atoms with van der Waals surface area (Å²) in [7, 11) is -3.61. The summed E-state index contributed by atoms with van der Waals surface area (Å²) in [6, 6.07) is 4.73.